The van der Waals surface area contributed by atoms with Crippen LogP contribution >= 0.6 is 11.8 Å². The van der Waals surface area contributed by atoms with Crippen LogP contribution in [-0.2, 0) is 11.8 Å². The normalized spacial score (nSPS) is 10.5. The molecule has 0 amide bonds. The van der Waals surface area contributed by atoms with Gasteiger partial charge in [0.1, 0.15) is 5.03 Å². The number of thioether (sulfide) groups is 1. The van der Waals surface area contributed by atoms with Crippen LogP contribution in [0.5, 0.6) is 0 Å². The van der Waals surface area contributed by atoms with Crippen molar-refractivity contribution in [1.29, 1.82) is 0 Å². The van der Waals surface area contributed by atoms with Gasteiger partial charge in [0.05, 0.1) is 17.9 Å². The molecule has 5 heteroatoms. The number of hydrogen-bond donors (Lipinski definition) is 0. The van der Waals surface area contributed by atoms with Gasteiger partial charge in [-0.2, -0.15) is 5.10 Å². The minimum Gasteiger partial charge on any atom is -0.384 e. The third kappa shape index (κ3) is 2.36. The van der Waals surface area contributed by atoms with Crippen molar-refractivity contribution in [2.45, 2.75) is 11.9 Å². The Morgan fingerprint density at radius 2 is 2.36 bits per heavy atom. The summed E-state index contributed by atoms with van der Waals surface area (Å²) in [5, 5.41) is 5.10. The standard InChI is InChI=1S/C9H14N2O2S/c1-7-8(6-12)9(11(2)10-7)14-5-4-13-3/h6H,4-5H2,1-3H3. The van der Waals surface area contributed by atoms with Crippen LogP contribution in [0.25, 0.3) is 0 Å². The summed E-state index contributed by atoms with van der Waals surface area (Å²) >= 11 is 1.59. The summed E-state index contributed by atoms with van der Waals surface area (Å²) in [5.41, 5.74) is 1.47. The van der Waals surface area contributed by atoms with Crippen molar-refractivity contribution in [2.75, 3.05) is 19.5 Å². The Kier molecular flexibility index (Phi) is 4.16. The fourth-order valence-electron chi connectivity index (χ4n) is 1.18. The van der Waals surface area contributed by atoms with Crippen LogP contribution in [-0.4, -0.2) is 35.5 Å². The van der Waals surface area contributed by atoms with Crippen LogP contribution in [0, 0.1) is 6.92 Å². The lowest BCUT2D eigenvalue weighted by Gasteiger charge is -2.01. The largest absolute Gasteiger partial charge is 0.384 e. The molecule has 0 aliphatic rings. The molecule has 0 aromatic carbocycles. The molecule has 78 valence electrons. The summed E-state index contributed by atoms with van der Waals surface area (Å²) in [4.78, 5) is 10.8. The maximum atomic E-state index is 10.8. The number of nitrogens with zero attached hydrogens (tertiary/aromatic N) is 2. The van der Waals surface area contributed by atoms with Crippen molar-refractivity contribution >= 4 is 18.0 Å². The number of carbonyl (C=O) groups excluding carboxylic acids is 1. The maximum Gasteiger partial charge on any atom is 0.154 e. The summed E-state index contributed by atoms with van der Waals surface area (Å²) in [6.07, 6.45) is 0.859. The Morgan fingerprint density at radius 3 is 2.93 bits per heavy atom. The van der Waals surface area contributed by atoms with E-state index in [0.717, 1.165) is 22.8 Å². The zero-order chi connectivity index (χ0) is 10.6. The van der Waals surface area contributed by atoms with E-state index in [1.165, 1.54) is 0 Å². The third-order valence-corrected chi connectivity index (χ3v) is 2.99. The molecule has 1 aromatic heterocycles. The number of rotatable bonds is 5. The number of ether oxygens (including phenoxy) is 1. The molecule has 1 heterocycles. The Hall–Kier alpha value is -0.810. The molecule has 0 aliphatic carbocycles. The van der Waals surface area contributed by atoms with Crippen molar-refractivity contribution in [1.82, 2.24) is 9.78 Å². The van der Waals surface area contributed by atoms with Gasteiger partial charge in [0.2, 0.25) is 0 Å². The molecule has 0 spiro atoms. The Morgan fingerprint density at radius 1 is 1.64 bits per heavy atom. The van der Waals surface area contributed by atoms with Crippen molar-refractivity contribution in [2.24, 2.45) is 7.05 Å². The van der Waals surface area contributed by atoms with E-state index in [1.54, 1.807) is 23.6 Å². The van der Waals surface area contributed by atoms with Crippen molar-refractivity contribution in [3.05, 3.63) is 11.3 Å². The Labute approximate surface area is 87.6 Å². The van der Waals surface area contributed by atoms with Crippen molar-refractivity contribution in [3.8, 4) is 0 Å². The summed E-state index contributed by atoms with van der Waals surface area (Å²) < 4.78 is 6.68. The SMILES string of the molecule is COCCSc1c(C=O)c(C)nn1C. The number of carbonyl (C=O) groups is 1. The molecule has 0 fully saturated rings. The molecule has 0 atom stereocenters. The summed E-state index contributed by atoms with van der Waals surface area (Å²) in [7, 11) is 3.50. The molecular formula is C9H14N2O2S. The predicted octanol–water partition coefficient (Wildman–Crippen LogP) is 1.28. The summed E-state index contributed by atoms with van der Waals surface area (Å²) in [5.74, 6) is 0.830. The highest BCUT2D eigenvalue weighted by molar-refractivity contribution is 7.99. The molecule has 0 saturated heterocycles. The average molecular weight is 214 g/mol. The fourth-order valence-corrected chi connectivity index (χ4v) is 2.20. The first-order chi connectivity index (χ1) is 6.70. The molecular weight excluding hydrogens is 200 g/mol. The predicted molar refractivity (Wildman–Crippen MR) is 55.9 cm³/mol. The lowest BCUT2D eigenvalue weighted by Crippen LogP contribution is -1.97. The van der Waals surface area contributed by atoms with E-state index in [0.29, 0.717) is 12.2 Å². The van der Waals surface area contributed by atoms with Crippen molar-refractivity contribution in [3.63, 3.8) is 0 Å². The number of hydrogen-bond acceptors (Lipinski definition) is 4. The van der Waals surface area contributed by atoms with E-state index in [1.807, 2.05) is 14.0 Å². The monoisotopic (exact) mass is 214 g/mol. The third-order valence-electron chi connectivity index (χ3n) is 1.86. The van der Waals surface area contributed by atoms with Gasteiger partial charge in [0.15, 0.2) is 6.29 Å². The first-order valence-electron chi connectivity index (χ1n) is 4.31. The van der Waals surface area contributed by atoms with E-state index in [9.17, 15) is 4.79 Å². The molecule has 0 aliphatic heterocycles. The Bertz CT molecular complexity index is 323. The van der Waals surface area contributed by atoms with Gasteiger partial charge in [-0.05, 0) is 6.92 Å². The van der Waals surface area contributed by atoms with Crippen LogP contribution in [0.4, 0.5) is 0 Å². The summed E-state index contributed by atoms with van der Waals surface area (Å²) in [6.45, 7) is 2.51. The van der Waals surface area contributed by atoms with Gasteiger partial charge < -0.3 is 4.74 Å². The van der Waals surface area contributed by atoms with Crippen LogP contribution in [0.1, 0.15) is 16.1 Å². The van der Waals surface area contributed by atoms with Gasteiger partial charge >= 0.3 is 0 Å². The lowest BCUT2D eigenvalue weighted by molar-refractivity contribution is 0.112. The maximum absolute atomic E-state index is 10.8. The molecule has 0 bridgehead atoms. The quantitative estimate of drug-likeness (QED) is 0.421. The van der Waals surface area contributed by atoms with E-state index in [4.69, 9.17) is 4.74 Å². The Balaban J connectivity index is 2.78. The minimum absolute atomic E-state index is 0.674. The lowest BCUT2D eigenvalue weighted by atomic mass is 10.3. The molecule has 0 radical (unpaired) electrons. The van der Waals surface area contributed by atoms with Gasteiger partial charge in [-0.3, -0.25) is 9.48 Å². The molecule has 0 unspecified atom stereocenters. The van der Waals surface area contributed by atoms with Gasteiger partial charge in [-0.25, -0.2) is 0 Å². The number of aromatic nitrogens is 2. The number of methoxy groups -OCH3 is 1. The van der Waals surface area contributed by atoms with E-state index in [-0.39, 0.29) is 0 Å². The summed E-state index contributed by atoms with van der Waals surface area (Å²) in [6, 6.07) is 0. The molecule has 4 nitrogen and oxygen atoms in total. The van der Waals surface area contributed by atoms with Gasteiger partial charge in [0.25, 0.3) is 0 Å². The van der Waals surface area contributed by atoms with Crippen LogP contribution in [0.3, 0.4) is 0 Å². The molecule has 1 rings (SSSR count). The van der Waals surface area contributed by atoms with E-state index < -0.39 is 0 Å². The molecule has 14 heavy (non-hydrogen) atoms. The second-order valence-electron chi connectivity index (χ2n) is 2.89. The zero-order valence-electron chi connectivity index (χ0n) is 8.61. The smallest absolute Gasteiger partial charge is 0.154 e. The highest BCUT2D eigenvalue weighted by Crippen LogP contribution is 2.22. The number of aldehydes is 1. The van der Waals surface area contributed by atoms with Crippen molar-refractivity contribution < 1.29 is 9.53 Å². The van der Waals surface area contributed by atoms with E-state index >= 15 is 0 Å². The van der Waals surface area contributed by atoms with Crippen LogP contribution < -0.4 is 0 Å². The highest BCUT2D eigenvalue weighted by Gasteiger charge is 2.12. The zero-order valence-corrected chi connectivity index (χ0v) is 9.43. The number of aryl methyl sites for hydroxylation is 2. The second-order valence-corrected chi connectivity index (χ2v) is 3.97. The molecule has 1 aromatic rings. The minimum atomic E-state index is 0.674. The topological polar surface area (TPSA) is 44.1 Å². The van der Waals surface area contributed by atoms with Gasteiger partial charge in [-0.15, -0.1) is 11.8 Å². The molecule has 0 N–H and O–H groups in total. The second kappa shape index (κ2) is 5.17. The fraction of sp³-hybridized carbons (Fsp3) is 0.556. The highest BCUT2D eigenvalue weighted by atomic mass is 32.2. The van der Waals surface area contributed by atoms with Gasteiger partial charge in [-0.1, -0.05) is 0 Å². The average Bonchev–Trinajstić information content (AvgIpc) is 2.42. The van der Waals surface area contributed by atoms with Gasteiger partial charge in [0, 0.05) is 19.9 Å². The first kappa shape index (κ1) is 11.3. The van der Waals surface area contributed by atoms with E-state index in [2.05, 4.69) is 5.10 Å². The first-order valence-corrected chi connectivity index (χ1v) is 5.29. The molecule has 0 saturated carbocycles. The van der Waals surface area contributed by atoms with Crippen LogP contribution in [0.2, 0.25) is 0 Å². The van der Waals surface area contributed by atoms with Crippen LogP contribution in [0.15, 0.2) is 5.03 Å².